The lowest BCUT2D eigenvalue weighted by Gasteiger charge is -2.15. The average molecular weight is 206 g/mol. The Kier molecular flexibility index (Phi) is 2.68. The van der Waals surface area contributed by atoms with Crippen molar-refractivity contribution in [3.63, 3.8) is 0 Å². The highest BCUT2D eigenvalue weighted by Gasteiger charge is 2.25. The predicted octanol–water partition coefficient (Wildman–Crippen LogP) is 1.37. The number of carboxylic acids is 1. The van der Waals surface area contributed by atoms with E-state index in [0.717, 1.165) is 12.1 Å². The summed E-state index contributed by atoms with van der Waals surface area (Å²) in [6.45, 7) is 0.799. The van der Waals surface area contributed by atoms with Gasteiger partial charge in [-0.1, -0.05) is 0 Å². The minimum absolute atomic E-state index is 0.122. The van der Waals surface area contributed by atoms with Crippen LogP contribution in [0.15, 0.2) is 18.3 Å². The third-order valence-electron chi connectivity index (χ3n) is 2.65. The number of aromatic carboxylic acids is 1. The molecule has 1 aliphatic carbocycles. The van der Waals surface area contributed by atoms with Crippen molar-refractivity contribution in [1.82, 2.24) is 9.88 Å². The molecule has 4 nitrogen and oxygen atoms in total. The summed E-state index contributed by atoms with van der Waals surface area (Å²) in [6.07, 6.45) is 4.07. The van der Waals surface area contributed by atoms with Gasteiger partial charge in [-0.05, 0) is 37.6 Å². The smallest absolute Gasteiger partial charge is 0.354 e. The lowest BCUT2D eigenvalue weighted by atomic mass is 10.2. The SMILES string of the molecule is CN(Cc1ccnc(C(=O)O)c1)C1CC1. The van der Waals surface area contributed by atoms with Gasteiger partial charge in [0.05, 0.1) is 0 Å². The Morgan fingerprint density at radius 2 is 2.40 bits per heavy atom. The number of hydrogen-bond acceptors (Lipinski definition) is 3. The fourth-order valence-corrected chi connectivity index (χ4v) is 1.62. The molecule has 0 unspecified atom stereocenters. The van der Waals surface area contributed by atoms with Crippen LogP contribution in [0.2, 0.25) is 0 Å². The van der Waals surface area contributed by atoms with Gasteiger partial charge in [0.25, 0.3) is 0 Å². The zero-order valence-corrected chi connectivity index (χ0v) is 8.68. The van der Waals surface area contributed by atoms with Gasteiger partial charge in [-0.15, -0.1) is 0 Å². The maximum atomic E-state index is 10.7. The molecule has 0 spiro atoms. The number of hydrogen-bond donors (Lipinski definition) is 1. The van der Waals surface area contributed by atoms with Crippen LogP contribution in [-0.4, -0.2) is 34.0 Å². The number of carboxylic acid groups (broad SMARTS) is 1. The molecule has 0 aliphatic heterocycles. The third kappa shape index (κ3) is 2.53. The summed E-state index contributed by atoms with van der Waals surface area (Å²) in [4.78, 5) is 16.7. The summed E-state index contributed by atoms with van der Waals surface area (Å²) >= 11 is 0. The van der Waals surface area contributed by atoms with Crippen molar-refractivity contribution >= 4 is 5.97 Å². The highest BCUT2D eigenvalue weighted by molar-refractivity contribution is 5.85. The molecule has 0 amide bonds. The average Bonchev–Trinajstić information content (AvgIpc) is 3.01. The maximum Gasteiger partial charge on any atom is 0.354 e. The Balaban J connectivity index is 2.07. The van der Waals surface area contributed by atoms with Gasteiger partial charge in [-0.25, -0.2) is 9.78 Å². The predicted molar refractivity (Wildman–Crippen MR) is 55.7 cm³/mol. The van der Waals surface area contributed by atoms with Gasteiger partial charge in [0.1, 0.15) is 5.69 Å². The van der Waals surface area contributed by atoms with E-state index in [1.54, 1.807) is 12.3 Å². The molecule has 1 aromatic heterocycles. The van der Waals surface area contributed by atoms with Gasteiger partial charge in [-0.2, -0.15) is 0 Å². The Labute approximate surface area is 88.6 Å². The molecule has 0 saturated heterocycles. The normalized spacial score (nSPS) is 15.6. The van der Waals surface area contributed by atoms with Crippen LogP contribution in [0.4, 0.5) is 0 Å². The molecule has 2 rings (SSSR count). The summed E-state index contributed by atoms with van der Waals surface area (Å²) in [7, 11) is 2.07. The van der Waals surface area contributed by atoms with Crippen molar-refractivity contribution in [2.45, 2.75) is 25.4 Å². The van der Waals surface area contributed by atoms with Gasteiger partial charge < -0.3 is 5.11 Å². The van der Waals surface area contributed by atoms with Crippen LogP contribution in [-0.2, 0) is 6.54 Å². The number of pyridine rings is 1. The van der Waals surface area contributed by atoms with Gasteiger partial charge in [0, 0.05) is 18.8 Å². The van der Waals surface area contributed by atoms with Gasteiger partial charge >= 0.3 is 5.97 Å². The molecule has 1 fully saturated rings. The van der Waals surface area contributed by atoms with E-state index < -0.39 is 5.97 Å². The molecule has 1 heterocycles. The fraction of sp³-hybridized carbons (Fsp3) is 0.455. The molecule has 80 valence electrons. The van der Waals surface area contributed by atoms with E-state index >= 15 is 0 Å². The van der Waals surface area contributed by atoms with E-state index in [4.69, 9.17) is 5.11 Å². The molecular weight excluding hydrogens is 192 g/mol. The number of carbonyl (C=O) groups is 1. The van der Waals surface area contributed by atoms with Crippen LogP contribution in [0.25, 0.3) is 0 Å². The molecule has 0 radical (unpaired) electrons. The lowest BCUT2D eigenvalue weighted by Crippen LogP contribution is -2.20. The van der Waals surface area contributed by atoms with E-state index in [2.05, 4.69) is 16.9 Å². The lowest BCUT2D eigenvalue weighted by molar-refractivity contribution is 0.0690. The summed E-state index contributed by atoms with van der Waals surface area (Å²) < 4.78 is 0. The molecule has 1 N–H and O–H groups in total. The van der Waals surface area contributed by atoms with Crippen molar-refractivity contribution in [1.29, 1.82) is 0 Å². The molecule has 1 aliphatic rings. The van der Waals surface area contributed by atoms with Crippen molar-refractivity contribution in [2.75, 3.05) is 7.05 Å². The molecule has 0 bridgehead atoms. The summed E-state index contributed by atoms with van der Waals surface area (Å²) in [5.41, 5.74) is 1.13. The van der Waals surface area contributed by atoms with Gasteiger partial charge in [0.15, 0.2) is 0 Å². The van der Waals surface area contributed by atoms with E-state index in [1.807, 2.05) is 6.07 Å². The zero-order chi connectivity index (χ0) is 10.8. The second-order valence-corrected chi connectivity index (χ2v) is 4.00. The van der Waals surface area contributed by atoms with Crippen molar-refractivity contribution in [2.24, 2.45) is 0 Å². The van der Waals surface area contributed by atoms with E-state index in [9.17, 15) is 4.79 Å². The molecule has 15 heavy (non-hydrogen) atoms. The highest BCUT2D eigenvalue weighted by atomic mass is 16.4. The van der Waals surface area contributed by atoms with Crippen LogP contribution in [0, 0.1) is 0 Å². The van der Waals surface area contributed by atoms with Gasteiger partial charge in [-0.3, -0.25) is 4.90 Å². The first-order chi connectivity index (χ1) is 7.16. The van der Waals surface area contributed by atoms with Crippen molar-refractivity contribution < 1.29 is 9.90 Å². The topological polar surface area (TPSA) is 53.4 Å². The van der Waals surface area contributed by atoms with Crippen molar-refractivity contribution in [3.8, 4) is 0 Å². The Hall–Kier alpha value is -1.42. The van der Waals surface area contributed by atoms with Crippen LogP contribution >= 0.6 is 0 Å². The first-order valence-electron chi connectivity index (χ1n) is 5.05. The summed E-state index contributed by atoms with van der Waals surface area (Å²) in [5.74, 6) is -0.967. The second kappa shape index (κ2) is 3.98. The zero-order valence-electron chi connectivity index (χ0n) is 8.68. The van der Waals surface area contributed by atoms with Crippen LogP contribution in [0.5, 0.6) is 0 Å². The molecule has 0 aromatic carbocycles. The number of nitrogens with zero attached hydrogens (tertiary/aromatic N) is 2. The molecule has 1 aromatic rings. The standard InChI is InChI=1S/C11H14N2O2/c1-13(9-2-3-9)7-8-4-5-12-10(6-8)11(14)15/h4-6,9H,2-3,7H2,1H3,(H,14,15). The second-order valence-electron chi connectivity index (χ2n) is 4.00. The first kappa shape index (κ1) is 10.1. The number of aromatic nitrogens is 1. The molecular formula is C11H14N2O2. The molecule has 0 atom stereocenters. The monoisotopic (exact) mass is 206 g/mol. The highest BCUT2D eigenvalue weighted by Crippen LogP contribution is 2.26. The van der Waals surface area contributed by atoms with Crippen LogP contribution in [0.1, 0.15) is 28.9 Å². The summed E-state index contributed by atoms with van der Waals surface area (Å²) in [6, 6.07) is 4.19. The molecule has 4 heteroatoms. The fourth-order valence-electron chi connectivity index (χ4n) is 1.62. The Morgan fingerprint density at radius 1 is 1.67 bits per heavy atom. The quantitative estimate of drug-likeness (QED) is 0.808. The minimum atomic E-state index is -0.967. The largest absolute Gasteiger partial charge is 0.477 e. The summed E-state index contributed by atoms with van der Waals surface area (Å²) in [5, 5.41) is 8.79. The number of rotatable bonds is 4. The third-order valence-corrected chi connectivity index (χ3v) is 2.65. The van der Waals surface area contributed by atoms with Crippen molar-refractivity contribution in [3.05, 3.63) is 29.6 Å². The van der Waals surface area contributed by atoms with Crippen LogP contribution < -0.4 is 0 Å². The van der Waals surface area contributed by atoms with E-state index in [0.29, 0.717) is 6.04 Å². The first-order valence-corrected chi connectivity index (χ1v) is 5.05. The van der Waals surface area contributed by atoms with E-state index in [1.165, 1.54) is 12.8 Å². The minimum Gasteiger partial charge on any atom is -0.477 e. The van der Waals surface area contributed by atoms with Gasteiger partial charge in [0.2, 0.25) is 0 Å². The maximum absolute atomic E-state index is 10.7. The Bertz CT molecular complexity index is 375. The Morgan fingerprint density at radius 3 is 3.00 bits per heavy atom. The van der Waals surface area contributed by atoms with Crippen LogP contribution in [0.3, 0.4) is 0 Å². The van der Waals surface area contributed by atoms with E-state index in [-0.39, 0.29) is 5.69 Å². The molecule has 1 saturated carbocycles.